The number of hydrogen-bond acceptors (Lipinski definition) is 4. The highest BCUT2D eigenvalue weighted by molar-refractivity contribution is 8.01. The Balaban J connectivity index is 1.16. The van der Waals surface area contributed by atoms with E-state index < -0.39 is 0 Å². The van der Waals surface area contributed by atoms with E-state index in [0.29, 0.717) is 6.54 Å². The van der Waals surface area contributed by atoms with Crippen molar-refractivity contribution in [3.05, 3.63) is 66.4 Å². The van der Waals surface area contributed by atoms with Crippen LogP contribution in [0.5, 0.6) is 0 Å². The predicted octanol–water partition coefficient (Wildman–Crippen LogP) is 4.75. The maximum absolute atomic E-state index is 12.6. The van der Waals surface area contributed by atoms with E-state index in [2.05, 4.69) is 33.7 Å². The van der Waals surface area contributed by atoms with Gasteiger partial charge in [-0.15, -0.1) is 11.8 Å². The smallest absolute Gasteiger partial charge is 0.238 e. The molecule has 0 saturated heterocycles. The highest BCUT2D eigenvalue weighted by Crippen LogP contribution is 2.36. The van der Waals surface area contributed by atoms with Crippen LogP contribution in [0.3, 0.4) is 0 Å². The number of rotatable bonds is 9. The van der Waals surface area contributed by atoms with E-state index >= 15 is 0 Å². The number of nitrogens with one attached hydrogen (secondary N) is 2. The van der Waals surface area contributed by atoms with Gasteiger partial charge in [-0.3, -0.25) is 14.7 Å². The topological polar surface area (TPSA) is 78.1 Å². The van der Waals surface area contributed by atoms with Crippen molar-refractivity contribution in [1.82, 2.24) is 15.1 Å². The van der Waals surface area contributed by atoms with Crippen molar-refractivity contribution in [3.63, 3.8) is 0 Å². The number of carbonyl (C=O) groups is 2. The van der Waals surface area contributed by atoms with E-state index in [9.17, 15) is 9.59 Å². The third-order valence-corrected chi connectivity index (χ3v) is 6.91. The van der Waals surface area contributed by atoms with Crippen molar-refractivity contribution < 1.29 is 9.59 Å². The second-order valence-electron chi connectivity index (χ2n) is 8.07. The minimum absolute atomic E-state index is 0.0121. The molecule has 0 saturated carbocycles. The predicted molar refractivity (Wildman–Crippen MR) is 129 cm³/mol. The van der Waals surface area contributed by atoms with Gasteiger partial charge in [-0.05, 0) is 37.5 Å². The van der Waals surface area contributed by atoms with Crippen LogP contribution in [0.25, 0.3) is 11.3 Å². The third kappa shape index (κ3) is 5.59. The van der Waals surface area contributed by atoms with Crippen LogP contribution in [-0.2, 0) is 16.0 Å². The first-order valence-corrected chi connectivity index (χ1v) is 11.9. The van der Waals surface area contributed by atoms with Gasteiger partial charge in [0.05, 0.1) is 16.6 Å². The van der Waals surface area contributed by atoms with E-state index in [-0.39, 0.29) is 23.5 Å². The zero-order valence-electron chi connectivity index (χ0n) is 18.2. The summed E-state index contributed by atoms with van der Waals surface area (Å²) in [5.41, 5.74) is 4.04. The number of H-pyrrole nitrogens is 1. The van der Waals surface area contributed by atoms with Gasteiger partial charge in [0.15, 0.2) is 0 Å². The highest BCUT2D eigenvalue weighted by Gasteiger charge is 2.29. The Bertz CT molecular complexity index is 1070. The zero-order chi connectivity index (χ0) is 22.3. The molecule has 0 spiro atoms. The number of thioether (sulfide) groups is 1. The lowest BCUT2D eigenvalue weighted by molar-refractivity contribution is -0.131. The van der Waals surface area contributed by atoms with Crippen LogP contribution >= 0.6 is 11.8 Å². The van der Waals surface area contributed by atoms with Crippen LogP contribution in [0.15, 0.2) is 65.6 Å². The fourth-order valence-corrected chi connectivity index (χ4v) is 4.86. The first-order valence-electron chi connectivity index (χ1n) is 11.0. The number of para-hydroxylation sites is 1. The summed E-state index contributed by atoms with van der Waals surface area (Å²) in [6.45, 7) is 0.701. The number of unbranched alkanes of at least 4 members (excludes halogenated alkanes) is 2. The van der Waals surface area contributed by atoms with Gasteiger partial charge >= 0.3 is 0 Å². The lowest BCUT2D eigenvalue weighted by Gasteiger charge is -2.25. The largest absolute Gasteiger partial charge is 0.346 e. The Labute approximate surface area is 192 Å². The number of aromatic nitrogens is 2. The molecule has 1 aliphatic heterocycles. The molecule has 6 nitrogen and oxygen atoms in total. The number of benzene rings is 2. The maximum atomic E-state index is 12.6. The molecule has 1 aromatic heterocycles. The summed E-state index contributed by atoms with van der Waals surface area (Å²) < 4.78 is 0. The normalized spacial score (nSPS) is 15.2. The average Bonchev–Trinajstić information content (AvgIpc) is 3.28. The van der Waals surface area contributed by atoms with E-state index in [0.717, 1.165) is 53.2 Å². The van der Waals surface area contributed by atoms with E-state index in [1.165, 1.54) is 11.8 Å². The molecule has 32 heavy (non-hydrogen) atoms. The fourth-order valence-electron chi connectivity index (χ4n) is 3.75. The summed E-state index contributed by atoms with van der Waals surface area (Å²) in [4.78, 5) is 27.7. The van der Waals surface area contributed by atoms with Gasteiger partial charge in [0.1, 0.15) is 0 Å². The van der Waals surface area contributed by atoms with Gasteiger partial charge in [-0.25, -0.2) is 0 Å². The average molecular weight is 449 g/mol. The maximum Gasteiger partial charge on any atom is 0.238 e. The lowest BCUT2D eigenvalue weighted by Crippen LogP contribution is -2.36. The van der Waals surface area contributed by atoms with Gasteiger partial charge in [0.2, 0.25) is 11.8 Å². The number of anilines is 1. The Morgan fingerprint density at radius 2 is 1.84 bits per heavy atom. The molecule has 166 valence electrons. The van der Waals surface area contributed by atoms with E-state index in [1.54, 1.807) is 4.90 Å². The van der Waals surface area contributed by atoms with Crippen LogP contribution in [0, 0.1) is 0 Å². The van der Waals surface area contributed by atoms with Crippen molar-refractivity contribution in [2.45, 2.75) is 42.2 Å². The summed E-state index contributed by atoms with van der Waals surface area (Å²) in [5.74, 6) is -0.0806. The Kier molecular flexibility index (Phi) is 7.27. The molecule has 2 amide bonds. The standard InChI is InChI=1S/C25H28N4O2S/c1-29(24(30)17-23-25(31)26-20-13-7-8-14-22(20)32-23)15-9-3-6-12-19-16-21(28-27-19)18-10-4-2-5-11-18/h2,4-5,7-8,10-11,13-14,16,23H,3,6,9,12,15,17H2,1H3,(H,26,31)(H,27,28). The van der Waals surface area contributed by atoms with Gasteiger partial charge in [-0.1, -0.05) is 48.9 Å². The minimum atomic E-state index is -0.376. The molecule has 0 radical (unpaired) electrons. The third-order valence-electron chi connectivity index (χ3n) is 5.63. The summed E-state index contributed by atoms with van der Waals surface area (Å²) in [5, 5.41) is 10.1. The van der Waals surface area contributed by atoms with Crippen LogP contribution in [0.2, 0.25) is 0 Å². The van der Waals surface area contributed by atoms with Crippen LogP contribution in [0.4, 0.5) is 5.69 Å². The molecule has 2 heterocycles. The number of amides is 2. The van der Waals surface area contributed by atoms with Crippen molar-refractivity contribution >= 4 is 29.3 Å². The van der Waals surface area contributed by atoms with Crippen molar-refractivity contribution in [2.24, 2.45) is 0 Å². The molecule has 3 aromatic rings. The molecule has 1 unspecified atom stereocenters. The fraction of sp³-hybridized carbons (Fsp3) is 0.320. The van der Waals surface area contributed by atoms with E-state index in [1.807, 2.05) is 49.5 Å². The summed E-state index contributed by atoms with van der Waals surface area (Å²) in [6.07, 6.45) is 4.17. The van der Waals surface area contributed by atoms with Crippen LogP contribution < -0.4 is 5.32 Å². The number of nitrogens with zero attached hydrogens (tertiary/aromatic N) is 2. The van der Waals surface area contributed by atoms with Crippen LogP contribution in [-0.4, -0.2) is 45.8 Å². The number of aromatic amines is 1. The van der Waals surface area contributed by atoms with Crippen LogP contribution in [0.1, 0.15) is 31.4 Å². The first-order chi connectivity index (χ1) is 15.6. The van der Waals surface area contributed by atoms with Gasteiger partial charge in [0, 0.05) is 36.2 Å². The van der Waals surface area contributed by atoms with Gasteiger partial charge in [0.25, 0.3) is 0 Å². The van der Waals surface area contributed by atoms with Gasteiger partial charge < -0.3 is 10.2 Å². The second-order valence-corrected chi connectivity index (χ2v) is 9.31. The molecule has 7 heteroatoms. The Morgan fingerprint density at radius 3 is 2.69 bits per heavy atom. The number of carbonyl (C=O) groups excluding carboxylic acids is 2. The lowest BCUT2D eigenvalue weighted by atomic mass is 10.1. The SMILES string of the molecule is CN(CCCCCc1cc(-c2ccccc2)n[nH]1)C(=O)CC1Sc2ccccc2NC1=O. The van der Waals surface area contributed by atoms with Crippen molar-refractivity contribution in [3.8, 4) is 11.3 Å². The number of fused-ring (bicyclic) bond motifs is 1. The van der Waals surface area contributed by atoms with Gasteiger partial charge in [-0.2, -0.15) is 5.10 Å². The molecular weight excluding hydrogens is 420 g/mol. The number of aryl methyl sites for hydroxylation is 1. The molecule has 1 aliphatic rings. The zero-order valence-corrected chi connectivity index (χ0v) is 19.0. The molecular formula is C25H28N4O2S. The molecule has 2 N–H and O–H groups in total. The summed E-state index contributed by atoms with van der Waals surface area (Å²) in [6, 6.07) is 19.9. The molecule has 0 bridgehead atoms. The summed E-state index contributed by atoms with van der Waals surface area (Å²) in [7, 11) is 1.82. The molecule has 4 rings (SSSR count). The Hall–Kier alpha value is -3.06. The second kappa shape index (κ2) is 10.5. The monoisotopic (exact) mass is 448 g/mol. The summed E-state index contributed by atoms with van der Waals surface area (Å²) >= 11 is 1.47. The first kappa shape index (κ1) is 22.1. The van der Waals surface area contributed by atoms with Crippen molar-refractivity contribution in [2.75, 3.05) is 18.9 Å². The molecule has 0 fully saturated rings. The number of hydrogen-bond donors (Lipinski definition) is 2. The molecule has 2 aromatic carbocycles. The molecule has 0 aliphatic carbocycles. The molecule has 1 atom stereocenters. The van der Waals surface area contributed by atoms with Crippen molar-refractivity contribution in [1.29, 1.82) is 0 Å². The highest BCUT2D eigenvalue weighted by atomic mass is 32.2. The minimum Gasteiger partial charge on any atom is -0.346 e. The quantitative estimate of drug-likeness (QED) is 0.463. The van der Waals surface area contributed by atoms with E-state index in [4.69, 9.17) is 0 Å². The Morgan fingerprint density at radius 1 is 1.06 bits per heavy atom.